The van der Waals surface area contributed by atoms with Crippen LogP contribution in [0.5, 0.6) is 0 Å². The van der Waals surface area contributed by atoms with E-state index in [2.05, 4.69) is 36.4 Å². The Hall–Kier alpha value is -2.87. The fourth-order valence-electron chi connectivity index (χ4n) is 2.89. The Morgan fingerprint density at radius 2 is 1.25 bits per heavy atom. The molecule has 0 bridgehead atoms. The summed E-state index contributed by atoms with van der Waals surface area (Å²) >= 11 is 0. The van der Waals surface area contributed by atoms with Gasteiger partial charge in [-0.3, -0.25) is 0 Å². The van der Waals surface area contributed by atoms with Gasteiger partial charge in [0, 0.05) is 5.56 Å². The van der Waals surface area contributed by atoms with Crippen LogP contribution in [0.1, 0.15) is 19.4 Å². The number of ether oxygens (including phenoxy) is 1. The highest BCUT2D eigenvalue weighted by molar-refractivity contribution is 5.73. The van der Waals surface area contributed by atoms with Gasteiger partial charge in [0.1, 0.15) is 5.60 Å². The maximum atomic E-state index is 10.7. The fourth-order valence-corrected chi connectivity index (χ4v) is 2.89. The lowest BCUT2D eigenvalue weighted by molar-refractivity contribution is 0.0884. The zero-order valence-electron chi connectivity index (χ0n) is 13.8. The Labute approximate surface area is 142 Å². The van der Waals surface area contributed by atoms with Crippen LogP contribution in [-0.4, -0.2) is 6.47 Å². The van der Waals surface area contributed by atoms with E-state index in [4.69, 9.17) is 4.74 Å². The Balaban J connectivity index is 2.00. The fraction of sp³-hybridized carbons (Fsp3) is 0.136. The highest BCUT2D eigenvalue weighted by atomic mass is 16.5. The van der Waals surface area contributed by atoms with Crippen molar-refractivity contribution in [1.82, 2.24) is 0 Å². The average molecular weight is 315 g/mol. The molecule has 0 saturated carbocycles. The van der Waals surface area contributed by atoms with E-state index in [-0.39, 0.29) is 0 Å². The molecule has 1 radical (unpaired) electrons. The number of hydrogen-bond acceptors (Lipinski definition) is 2. The summed E-state index contributed by atoms with van der Waals surface area (Å²) in [7, 11) is 0. The molecule has 2 nitrogen and oxygen atoms in total. The molecule has 0 saturated heterocycles. The number of rotatable bonds is 5. The molecule has 0 atom stereocenters. The van der Waals surface area contributed by atoms with Crippen LogP contribution in [0.4, 0.5) is 0 Å². The molecule has 0 N–H and O–H groups in total. The third kappa shape index (κ3) is 3.23. The van der Waals surface area contributed by atoms with Crippen molar-refractivity contribution in [3.63, 3.8) is 0 Å². The van der Waals surface area contributed by atoms with E-state index in [1.165, 1.54) is 11.1 Å². The first kappa shape index (κ1) is 16.0. The molecule has 3 rings (SSSR count). The normalized spacial score (nSPS) is 11.1. The summed E-state index contributed by atoms with van der Waals surface area (Å²) in [5, 5.41) is 0. The number of benzene rings is 3. The highest BCUT2D eigenvalue weighted by Crippen LogP contribution is 2.34. The molecule has 0 aliphatic rings. The van der Waals surface area contributed by atoms with Crippen LogP contribution >= 0.6 is 0 Å². The van der Waals surface area contributed by atoms with E-state index in [1.807, 2.05) is 56.3 Å². The molecule has 0 unspecified atom stereocenters. The summed E-state index contributed by atoms with van der Waals surface area (Å²) in [6.07, 6.45) is 0. The number of carbonyl (C=O) groups excluding carboxylic acids is 1. The van der Waals surface area contributed by atoms with Gasteiger partial charge in [-0.05, 0) is 36.1 Å². The van der Waals surface area contributed by atoms with Gasteiger partial charge >= 0.3 is 6.47 Å². The third-order valence-electron chi connectivity index (χ3n) is 4.18. The molecule has 0 aromatic heterocycles. The second kappa shape index (κ2) is 6.71. The van der Waals surface area contributed by atoms with Crippen molar-refractivity contribution in [1.29, 1.82) is 0 Å². The summed E-state index contributed by atoms with van der Waals surface area (Å²) in [5.74, 6) is 0. The largest absolute Gasteiger partial charge is 0.446 e. The molecule has 0 fully saturated rings. The zero-order chi connectivity index (χ0) is 17.0. The van der Waals surface area contributed by atoms with Crippen molar-refractivity contribution in [2.24, 2.45) is 0 Å². The minimum Gasteiger partial charge on any atom is -0.446 e. The van der Waals surface area contributed by atoms with Crippen molar-refractivity contribution in [3.05, 3.63) is 84.4 Å². The van der Waals surface area contributed by atoms with Gasteiger partial charge < -0.3 is 4.74 Å². The van der Waals surface area contributed by atoms with Gasteiger partial charge in [0.05, 0.1) is 0 Å². The molecule has 0 amide bonds. The van der Waals surface area contributed by atoms with Gasteiger partial charge in [0.2, 0.25) is 0 Å². The van der Waals surface area contributed by atoms with E-state index in [1.54, 1.807) is 6.47 Å². The quantitative estimate of drug-likeness (QED) is 0.635. The molecular weight excluding hydrogens is 296 g/mol. The summed E-state index contributed by atoms with van der Waals surface area (Å²) in [6, 6.07) is 26.7. The maximum absolute atomic E-state index is 10.7. The number of hydrogen-bond donors (Lipinski definition) is 0. The van der Waals surface area contributed by atoms with Crippen LogP contribution in [0.3, 0.4) is 0 Å². The van der Waals surface area contributed by atoms with E-state index in [9.17, 15) is 4.79 Å². The highest BCUT2D eigenvalue weighted by Gasteiger charge is 2.25. The minimum absolute atomic E-state index is 0.726. The monoisotopic (exact) mass is 315 g/mol. The second-order valence-electron chi connectivity index (χ2n) is 6.18. The lowest BCUT2D eigenvalue weighted by Gasteiger charge is -2.25. The van der Waals surface area contributed by atoms with Crippen molar-refractivity contribution in [3.8, 4) is 22.3 Å². The van der Waals surface area contributed by atoms with Crippen LogP contribution in [0.25, 0.3) is 22.3 Å². The summed E-state index contributed by atoms with van der Waals surface area (Å²) < 4.78 is 5.17. The van der Waals surface area contributed by atoms with Gasteiger partial charge in [0.15, 0.2) is 0 Å². The Kier molecular flexibility index (Phi) is 4.48. The van der Waals surface area contributed by atoms with Gasteiger partial charge in [0.25, 0.3) is 0 Å². The van der Waals surface area contributed by atoms with E-state index < -0.39 is 5.60 Å². The molecule has 3 aromatic rings. The minimum atomic E-state index is -0.726. The van der Waals surface area contributed by atoms with Gasteiger partial charge in [-0.2, -0.15) is 0 Å². The van der Waals surface area contributed by atoms with Gasteiger partial charge in [-0.25, -0.2) is 4.79 Å². The Morgan fingerprint density at radius 3 is 1.92 bits per heavy atom. The van der Waals surface area contributed by atoms with Gasteiger partial charge in [-0.15, -0.1) is 0 Å². The Morgan fingerprint density at radius 1 is 0.708 bits per heavy atom. The molecule has 2 heteroatoms. The van der Waals surface area contributed by atoms with Gasteiger partial charge in [-0.1, -0.05) is 78.9 Å². The summed E-state index contributed by atoms with van der Waals surface area (Å²) in [5.41, 5.74) is 4.74. The lowest BCUT2D eigenvalue weighted by Crippen LogP contribution is -2.21. The van der Waals surface area contributed by atoms with E-state index in [0.29, 0.717) is 0 Å². The predicted octanol–water partition coefficient (Wildman–Crippen LogP) is 5.34. The first-order valence-corrected chi connectivity index (χ1v) is 7.92. The summed E-state index contributed by atoms with van der Waals surface area (Å²) in [6.45, 7) is 5.31. The first-order valence-electron chi connectivity index (χ1n) is 7.92. The molecule has 0 aliphatic heterocycles. The topological polar surface area (TPSA) is 26.3 Å². The maximum Gasteiger partial charge on any atom is 0.418 e. The van der Waals surface area contributed by atoms with Crippen molar-refractivity contribution < 1.29 is 9.53 Å². The van der Waals surface area contributed by atoms with Crippen molar-refractivity contribution in [2.45, 2.75) is 19.4 Å². The third-order valence-corrected chi connectivity index (χ3v) is 4.18. The van der Waals surface area contributed by atoms with Crippen LogP contribution in [0.15, 0.2) is 78.9 Å². The molecule has 24 heavy (non-hydrogen) atoms. The lowest BCUT2D eigenvalue weighted by atomic mass is 9.89. The molecule has 0 aliphatic carbocycles. The van der Waals surface area contributed by atoms with Crippen molar-refractivity contribution >= 4 is 6.47 Å². The van der Waals surface area contributed by atoms with E-state index >= 15 is 0 Å². The first-order chi connectivity index (χ1) is 11.6. The molecular formula is C22H19O2. The van der Waals surface area contributed by atoms with Crippen LogP contribution in [0.2, 0.25) is 0 Å². The predicted molar refractivity (Wildman–Crippen MR) is 97.1 cm³/mol. The Bertz CT molecular complexity index is 818. The van der Waals surface area contributed by atoms with Crippen molar-refractivity contribution in [2.75, 3.05) is 0 Å². The summed E-state index contributed by atoms with van der Waals surface area (Å²) in [4.78, 5) is 10.7. The smallest absolute Gasteiger partial charge is 0.418 e. The molecule has 0 heterocycles. The molecule has 3 aromatic carbocycles. The van der Waals surface area contributed by atoms with Crippen LogP contribution in [-0.2, 0) is 15.1 Å². The second-order valence-corrected chi connectivity index (χ2v) is 6.18. The zero-order valence-corrected chi connectivity index (χ0v) is 13.8. The molecule has 119 valence electrons. The van der Waals surface area contributed by atoms with E-state index in [0.717, 1.165) is 16.7 Å². The van der Waals surface area contributed by atoms with Crippen LogP contribution < -0.4 is 0 Å². The average Bonchev–Trinajstić information content (AvgIpc) is 2.63. The molecule has 0 spiro atoms. The van der Waals surface area contributed by atoms with Crippen LogP contribution in [0, 0.1) is 0 Å². The SMILES string of the molecule is CC(C)(O[C]=O)c1ccccc1-c1ccc(-c2ccccc2)cc1. The standard InChI is InChI=1S/C22H19O2/c1-22(2,24-16-23)21-11-7-6-10-20(21)19-14-12-18(13-15-19)17-8-4-3-5-9-17/h3-15H,1-2H3.